The number of carbonyl (C=O) groups is 1. The predicted octanol–water partition coefficient (Wildman–Crippen LogP) is 4.67. The van der Waals surface area contributed by atoms with Crippen LogP contribution in [-0.2, 0) is 10.2 Å². The Hall–Kier alpha value is -3.01. The lowest BCUT2D eigenvalue weighted by Crippen LogP contribution is -2.50. The van der Waals surface area contributed by atoms with E-state index in [-0.39, 0.29) is 6.09 Å². The standard InChI is InChI=1S/C24H29BrN6O3/c1-23(2,3)33-22(32)31-12-10-30(11-13-31)19-15-26-18(14-27-19)20-28-21(29-34-20)24(4,5)16-6-8-17(25)9-7-16/h6-9,14-15H,10-13H2,1-5H3. The maximum absolute atomic E-state index is 12.3. The Morgan fingerprint density at radius 3 is 2.26 bits per heavy atom. The van der Waals surface area contributed by atoms with Crippen LogP contribution in [0.4, 0.5) is 10.6 Å². The van der Waals surface area contributed by atoms with Gasteiger partial charge in [0.25, 0.3) is 5.89 Å². The average molecular weight is 529 g/mol. The van der Waals surface area contributed by atoms with E-state index in [1.165, 1.54) is 0 Å². The van der Waals surface area contributed by atoms with E-state index in [4.69, 9.17) is 9.26 Å². The van der Waals surface area contributed by atoms with E-state index in [1.807, 2.05) is 45.0 Å². The average Bonchev–Trinajstić information content (AvgIpc) is 3.30. The number of nitrogens with zero attached hydrogens (tertiary/aromatic N) is 6. The Bertz CT molecular complexity index is 1130. The summed E-state index contributed by atoms with van der Waals surface area (Å²) >= 11 is 3.47. The van der Waals surface area contributed by atoms with E-state index in [2.05, 4.69) is 54.8 Å². The van der Waals surface area contributed by atoms with Crippen LogP contribution in [0.2, 0.25) is 0 Å². The smallest absolute Gasteiger partial charge is 0.410 e. The van der Waals surface area contributed by atoms with Crippen molar-refractivity contribution in [3.8, 4) is 11.6 Å². The molecule has 180 valence electrons. The van der Waals surface area contributed by atoms with Crippen molar-refractivity contribution in [1.29, 1.82) is 0 Å². The summed E-state index contributed by atoms with van der Waals surface area (Å²) in [6.07, 6.45) is 3.05. The molecule has 0 N–H and O–H groups in total. The summed E-state index contributed by atoms with van der Waals surface area (Å²) in [6, 6.07) is 8.07. The fraction of sp³-hybridized carbons (Fsp3) is 0.458. The van der Waals surface area contributed by atoms with Crippen LogP contribution in [0.1, 0.15) is 46.0 Å². The number of hydrogen-bond donors (Lipinski definition) is 0. The summed E-state index contributed by atoms with van der Waals surface area (Å²) < 4.78 is 12.0. The maximum Gasteiger partial charge on any atom is 0.410 e. The minimum absolute atomic E-state index is 0.285. The predicted molar refractivity (Wildman–Crippen MR) is 132 cm³/mol. The minimum Gasteiger partial charge on any atom is -0.444 e. The first-order chi connectivity index (χ1) is 16.0. The summed E-state index contributed by atoms with van der Waals surface area (Å²) in [5.41, 5.74) is 0.665. The molecule has 1 aromatic carbocycles. The zero-order valence-corrected chi connectivity index (χ0v) is 21.7. The Balaban J connectivity index is 1.41. The van der Waals surface area contributed by atoms with Crippen LogP contribution in [0, 0.1) is 0 Å². The van der Waals surface area contributed by atoms with E-state index in [1.54, 1.807) is 17.3 Å². The summed E-state index contributed by atoms with van der Waals surface area (Å²) in [6.45, 7) is 12.1. The number of rotatable bonds is 4. The summed E-state index contributed by atoms with van der Waals surface area (Å²) in [4.78, 5) is 29.7. The largest absolute Gasteiger partial charge is 0.444 e. The van der Waals surface area contributed by atoms with Crippen LogP contribution >= 0.6 is 15.9 Å². The van der Waals surface area contributed by atoms with Crippen LogP contribution in [0.15, 0.2) is 45.7 Å². The van der Waals surface area contributed by atoms with Crippen molar-refractivity contribution in [1.82, 2.24) is 25.0 Å². The summed E-state index contributed by atoms with van der Waals surface area (Å²) in [7, 11) is 0. The van der Waals surface area contributed by atoms with Crippen LogP contribution in [0.3, 0.4) is 0 Å². The van der Waals surface area contributed by atoms with Crippen molar-refractivity contribution in [2.75, 3.05) is 31.1 Å². The number of anilines is 1. The van der Waals surface area contributed by atoms with E-state index in [9.17, 15) is 4.79 Å². The third-order valence-corrected chi connectivity index (χ3v) is 6.19. The molecule has 1 aliphatic heterocycles. The van der Waals surface area contributed by atoms with E-state index in [0.717, 1.165) is 15.9 Å². The molecule has 1 aliphatic rings. The lowest BCUT2D eigenvalue weighted by atomic mass is 9.84. The van der Waals surface area contributed by atoms with E-state index in [0.29, 0.717) is 43.6 Å². The third-order valence-electron chi connectivity index (χ3n) is 5.66. The molecule has 9 nitrogen and oxygen atoms in total. The Morgan fingerprint density at radius 1 is 1.00 bits per heavy atom. The molecule has 34 heavy (non-hydrogen) atoms. The Labute approximate surface area is 207 Å². The van der Waals surface area contributed by atoms with Gasteiger partial charge in [-0.25, -0.2) is 14.8 Å². The highest BCUT2D eigenvalue weighted by Crippen LogP contribution is 2.31. The molecule has 0 atom stereocenters. The van der Waals surface area contributed by atoms with E-state index >= 15 is 0 Å². The van der Waals surface area contributed by atoms with Crippen molar-refractivity contribution in [3.05, 3.63) is 52.5 Å². The molecule has 0 bridgehead atoms. The molecule has 3 aromatic rings. The fourth-order valence-electron chi connectivity index (χ4n) is 3.62. The van der Waals surface area contributed by atoms with Crippen molar-refractivity contribution < 1.29 is 14.1 Å². The van der Waals surface area contributed by atoms with E-state index < -0.39 is 11.0 Å². The molecule has 10 heteroatoms. The normalized spacial score (nSPS) is 14.9. The first kappa shape index (κ1) is 24.1. The highest BCUT2D eigenvalue weighted by Gasteiger charge is 2.30. The minimum atomic E-state index is -0.502. The first-order valence-electron chi connectivity index (χ1n) is 11.2. The van der Waals surface area contributed by atoms with Crippen molar-refractivity contribution >= 4 is 27.8 Å². The quantitative estimate of drug-likeness (QED) is 0.481. The van der Waals surface area contributed by atoms with Gasteiger partial charge in [0.05, 0.1) is 17.8 Å². The third kappa shape index (κ3) is 5.38. The monoisotopic (exact) mass is 528 g/mol. The van der Waals surface area contributed by atoms with Gasteiger partial charge in [-0.15, -0.1) is 0 Å². The number of amides is 1. The molecule has 1 fully saturated rings. The second-order valence-electron chi connectivity index (χ2n) is 9.77. The van der Waals surface area contributed by atoms with Crippen molar-refractivity contribution in [2.24, 2.45) is 0 Å². The van der Waals surface area contributed by atoms with Crippen LogP contribution in [0.5, 0.6) is 0 Å². The van der Waals surface area contributed by atoms with Gasteiger partial charge in [0.2, 0.25) is 0 Å². The summed E-state index contributed by atoms with van der Waals surface area (Å²) in [5, 5.41) is 4.20. The molecule has 3 heterocycles. The highest BCUT2D eigenvalue weighted by molar-refractivity contribution is 9.10. The van der Waals surface area contributed by atoms with Gasteiger partial charge >= 0.3 is 6.09 Å². The highest BCUT2D eigenvalue weighted by atomic mass is 79.9. The second-order valence-corrected chi connectivity index (χ2v) is 10.7. The lowest BCUT2D eigenvalue weighted by molar-refractivity contribution is 0.0240. The molecule has 1 saturated heterocycles. The number of ether oxygens (including phenoxy) is 1. The Morgan fingerprint density at radius 2 is 1.68 bits per heavy atom. The van der Waals surface area contributed by atoms with Crippen LogP contribution < -0.4 is 4.90 Å². The molecule has 0 unspecified atom stereocenters. The first-order valence-corrected chi connectivity index (χ1v) is 12.0. The Kier molecular flexibility index (Phi) is 6.62. The molecule has 2 aromatic heterocycles. The van der Waals surface area contributed by atoms with Gasteiger partial charge < -0.3 is 19.1 Å². The van der Waals surface area contributed by atoms with Gasteiger partial charge in [-0.1, -0.05) is 33.2 Å². The van der Waals surface area contributed by atoms with Gasteiger partial charge in [-0.3, -0.25) is 0 Å². The van der Waals surface area contributed by atoms with Crippen molar-refractivity contribution in [3.63, 3.8) is 0 Å². The second kappa shape index (κ2) is 9.32. The topological polar surface area (TPSA) is 97.5 Å². The van der Waals surface area contributed by atoms with Gasteiger partial charge in [0, 0.05) is 30.7 Å². The molecule has 4 rings (SSSR count). The fourth-order valence-corrected chi connectivity index (χ4v) is 3.88. The van der Waals surface area contributed by atoms with Gasteiger partial charge in [0.15, 0.2) is 5.82 Å². The number of benzene rings is 1. The zero-order valence-electron chi connectivity index (χ0n) is 20.1. The number of piperazine rings is 1. The van der Waals surface area contributed by atoms with Crippen LogP contribution in [0.25, 0.3) is 11.6 Å². The number of halogens is 1. The van der Waals surface area contributed by atoms with Gasteiger partial charge in [-0.2, -0.15) is 4.98 Å². The molecule has 0 aliphatic carbocycles. The molecular formula is C24H29BrN6O3. The molecule has 0 radical (unpaired) electrons. The van der Waals surface area contributed by atoms with Gasteiger partial charge in [0.1, 0.15) is 17.1 Å². The molecule has 1 amide bonds. The number of hydrogen-bond acceptors (Lipinski definition) is 8. The molecular weight excluding hydrogens is 500 g/mol. The van der Waals surface area contributed by atoms with Crippen molar-refractivity contribution in [2.45, 2.75) is 45.6 Å². The lowest BCUT2D eigenvalue weighted by Gasteiger charge is -2.36. The molecule has 0 spiro atoms. The summed E-state index contributed by atoms with van der Waals surface area (Å²) in [5.74, 6) is 1.64. The van der Waals surface area contributed by atoms with Crippen LogP contribution in [-0.4, -0.2) is 62.9 Å². The SMILES string of the molecule is CC(C)(C)OC(=O)N1CCN(c2cnc(-c3nc(C(C)(C)c4ccc(Br)cc4)no3)cn2)CC1. The maximum atomic E-state index is 12.3. The molecule has 0 saturated carbocycles. The van der Waals surface area contributed by atoms with Gasteiger partial charge in [-0.05, 0) is 52.3 Å². The number of carbonyl (C=O) groups excluding carboxylic acids is 1. The number of aromatic nitrogens is 4. The zero-order chi connectivity index (χ0) is 24.5.